The van der Waals surface area contributed by atoms with Gasteiger partial charge in [-0.05, 0) is 91.0 Å². The molecule has 1 N–H and O–H groups in total. The Balaban J connectivity index is 1.42. The Bertz CT molecular complexity index is 1290. The zero-order valence-electron chi connectivity index (χ0n) is 18.6. The first-order valence-corrected chi connectivity index (χ1v) is 12.1. The lowest BCUT2D eigenvalue weighted by Gasteiger charge is -2.12. The van der Waals surface area contributed by atoms with E-state index in [1.165, 1.54) is 6.08 Å². The molecule has 1 aliphatic rings. The number of hydrogen-bond acceptors (Lipinski definition) is 6. The topological polar surface area (TPSA) is 89.8 Å². The minimum absolute atomic E-state index is 0.00802. The van der Waals surface area contributed by atoms with Gasteiger partial charge in [-0.1, -0.05) is 18.2 Å². The quantitative estimate of drug-likeness (QED) is 0.262. The summed E-state index contributed by atoms with van der Waals surface area (Å²) in [5.74, 6) is 2.28. The summed E-state index contributed by atoms with van der Waals surface area (Å²) >= 11 is 7.04. The molecule has 1 aliphatic heterocycles. The predicted octanol–water partition coefficient (Wildman–Crippen LogP) is 5.75. The normalized spacial score (nSPS) is 12.1. The number of carbonyl (C=O) groups is 1. The average molecular weight is 600 g/mol. The lowest BCUT2D eigenvalue weighted by molar-refractivity contribution is -0.117. The Kier molecular flexibility index (Phi) is 7.95. The summed E-state index contributed by atoms with van der Waals surface area (Å²) in [6.45, 7) is 0.831. The van der Waals surface area contributed by atoms with E-state index in [0.29, 0.717) is 44.9 Å². The van der Waals surface area contributed by atoms with Crippen LogP contribution in [-0.4, -0.2) is 19.8 Å². The van der Waals surface area contributed by atoms with Crippen molar-refractivity contribution < 1.29 is 23.7 Å². The number of nitrogens with zero attached hydrogens (tertiary/aromatic N) is 1. The fraction of sp³-hybridized carbons (Fsp3) is 0.154. The monoisotopic (exact) mass is 598 g/mol. The minimum Gasteiger partial charge on any atom is -0.497 e. The number of hydrogen-bond donors (Lipinski definition) is 1. The fourth-order valence-electron chi connectivity index (χ4n) is 3.32. The van der Waals surface area contributed by atoms with Crippen LogP contribution in [0.3, 0.4) is 0 Å². The van der Waals surface area contributed by atoms with E-state index in [2.05, 4.69) is 37.2 Å². The number of benzene rings is 3. The van der Waals surface area contributed by atoms with Crippen molar-refractivity contribution in [3.8, 4) is 29.1 Å². The molecule has 1 amide bonds. The van der Waals surface area contributed by atoms with E-state index in [1.807, 2.05) is 48.5 Å². The number of nitriles is 1. The Morgan fingerprint density at radius 3 is 2.43 bits per heavy atom. The second-order valence-electron chi connectivity index (χ2n) is 7.49. The second-order valence-corrected chi connectivity index (χ2v) is 9.20. The summed E-state index contributed by atoms with van der Waals surface area (Å²) in [5.41, 5.74) is 2.48. The van der Waals surface area contributed by atoms with E-state index >= 15 is 0 Å². The molecule has 0 spiro atoms. The molecule has 0 unspecified atom stereocenters. The highest BCUT2D eigenvalue weighted by molar-refractivity contribution is 9.11. The van der Waals surface area contributed by atoms with Crippen molar-refractivity contribution >= 4 is 43.8 Å². The lowest BCUT2D eigenvalue weighted by Crippen LogP contribution is -2.23. The van der Waals surface area contributed by atoms with E-state index in [9.17, 15) is 10.1 Å². The number of halogens is 2. The van der Waals surface area contributed by atoms with Gasteiger partial charge in [-0.15, -0.1) is 0 Å². The second kappa shape index (κ2) is 11.3. The van der Waals surface area contributed by atoms with Gasteiger partial charge in [0.15, 0.2) is 11.5 Å². The van der Waals surface area contributed by atoms with Gasteiger partial charge in [0.1, 0.15) is 29.7 Å². The summed E-state index contributed by atoms with van der Waals surface area (Å²) in [4.78, 5) is 12.6. The molecule has 0 aromatic heterocycles. The van der Waals surface area contributed by atoms with E-state index in [1.54, 1.807) is 19.2 Å². The molecule has 3 aromatic carbocycles. The molecule has 7 nitrogen and oxygen atoms in total. The number of nitrogens with one attached hydrogen (secondary N) is 1. The number of carbonyl (C=O) groups excluding carboxylic acids is 1. The molecule has 0 atom stereocenters. The van der Waals surface area contributed by atoms with Crippen LogP contribution in [0.2, 0.25) is 0 Å². The fourth-order valence-corrected chi connectivity index (χ4v) is 4.77. The van der Waals surface area contributed by atoms with E-state index < -0.39 is 5.91 Å². The largest absolute Gasteiger partial charge is 0.497 e. The molecule has 0 saturated carbocycles. The first-order valence-electron chi connectivity index (χ1n) is 10.5. The molecule has 0 fully saturated rings. The van der Waals surface area contributed by atoms with Crippen molar-refractivity contribution in [2.24, 2.45) is 0 Å². The highest BCUT2D eigenvalue weighted by Crippen LogP contribution is 2.37. The van der Waals surface area contributed by atoms with Gasteiger partial charge in [-0.2, -0.15) is 5.26 Å². The molecule has 1 heterocycles. The van der Waals surface area contributed by atoms with Crippen LogP contribution in [-0.2, 0) is 17.9 Å². The number of methoxy groups -OCH3 is 1. The van der Waals surface area contributed by atoms with E-state index in [-0.39, 0.29) is 12.4 Å². The van der Waals surface area contributed by atoms with Gasteiger partial charge in [0, 0.05) is 6.54 Å². The Hall–Kier alpha value is -3.48. The van der Waals surface area contributed by atoms with Crippen LogP contribution < -0.4 is 24.3 Å². The average Bonchev–Trinajstić information content (AvgIpc) is 3.33. The summed E-state index contributed by atoms with van der Waals surface area (Å²) in [6.07, 6.45) is 1.53. The molecule has 0 bridgehead atoms. The van der Waals surface area contributed by atoms with Crippen LogP contribution in [0.1, 0.15) is 16.7 Å². The molecular formula is C26H20Br2N2O5. The van der Waals surface area contributed by atoms with Crippen LogP contribution in [0.25, 0.3) is 6.08 Å². The van der Waals surface area contributed by atoms with E-state index in [4.69, 9.17) is 18.9 Å². The van der Waals surface area contributed by atoms with Crippen molar-refractivity contribution in [3.63, 3.8) is 0 Å². The zero-order chi connectivity index (χ0) is 24.8. The standard InChI is InChI=1S/C26H20Br2N2O5/c1-32-20-5-2-16(3-6-20)13-30-26(31)19(12-29)8-18-9-21(27)25(22(28)10-18)33-14-17-4-7-23-24(11-17)35-15-34-23/h2-11H,13-15H2,1H3,(H,30,31)/b19-8-. The molecule has 0 saturated heterocycles. The highest BCUT2D eigenvalue weighted by atomic mass is 79.9. The first kappa shape index (κ1) is 24.6. The van der Waals surface area contributed by atoms with Gasteiger partial charge in [-0.25, -0.2) is 0 Å². The van der Waals surface area contributed by atoms with Gasteiger partial charge in [0.25, 0.3) is 5.91 Å². The van der Waals surface area contributed by atoms with Crippen LogP contribution in [0.5, 0.6) is 23.0 Å². The van der Waals surface area contributed by atoms with Gasteiger partial charge in [-0.3, -0.25) is 4.79 Å². The van der Waals surface area contributed by atoms with Crippen molar-refractivity contribution in [2.45, 2.75) is 13.2 Å². The Morgan fingerprint density at radius 1 is 1.06 bits per heavy atom. The Morgan fingerprint density at radius 2 is 1.74 bits per heavy atom. The summed E-state index contributed by atoms with van der Waals surface area (Å²) in [5, 5.41) is 12.3. The van der Waals surface area contributed by atoms with E-state index in [0.717, 1.165) is 16.9 Å². The lowest BCUT2D eigenvalue weighted by atomic mass is 10.1. The maximum atomic E-state index is 12.6. The molecule has 178 valence electrons. The summed E-state index contributed by atoms with van der Waals surface area (Å²) in [6, 6.07) is 18.5. The van der Waals surface area contributed by atoms with Crippen molar-refractivity contribution in [1.82, 2.24) is 5.32 Å². The molecular weight excluding hydrogens is 580 g/mol. The molecule has 0 radical (unpaired) electrons. The third-order valence-corrected chi connectivity index (χ3v) is 6.31. The molecule has 35 heavy (non-hydrogen) atoms. The number of ether oxygens (including phenoxy) is 4. The SMILES string of the molecule is COc1ccc(CNC(=O)/C(C#N)=C\c2cc(Br)c(OCc3ccc4c(c3)OCO4)c(Br)c2)cc1. The van der Waals surface area contributed by atoms with Crippen LogP contribution in [0.4, 0.5) is 0 Å². The third-order valence-electron chi connectivity index (χ3n) is 5.13. The molecule has 4 rings (SSSR count). The summed E-state index contributed by atoms with van der Waals surface area (Å²) in [7, 11) is 1.59. The Labute approximate surface area is 219 Å². The zero-order valence-corrected chi connectivity index (χ0v) is 21.8. The third kappa shape index (κ3) is 6.15. The minimum atomic E-state index is -0.460. The molecule has 3 aromatic rings. The maximum Gasteiger partial charge on any atom is 0.262 e. The van der Waals surface area contributed by atoms with Gasteiger partial charge in [0.2, 0.25) is 6.79 Å². The molecule has 0 aliphatic carbocycles. The smallest absolute Gasteiger partial charge is 0.262 e. The maximum absolute atomic E-state index is 12.6. The van der Waals surface area contributed by atoms with Crippen molar-refractivity contribution in [3.05, 3.63) is 85.8 Å². The first-order chi connectivity index (χ1) is 17.0. The molecule has 9 heteroatoms. The number of amides is 1. The van der Waals surface area contributed by atoms with Gasteiger partial charge >= 0.3 is 0 Å². The number of fused-ring (bicyclic) bond motifs is 1. The van der Waals surface area contributed by atoms with Crippen molar-refractivity contribution in [2.75, 3.05) is 13.9 Å². The van der Waals surface area contributed by atoms with Crippen LogP contribution >= 0.6 is 31.9 Å². The van der Waals surface area contributed by atoms with Crippen LogP contribution in [0.15, 0.2) is 69.1 Å². The highest BCUT2D eigenvalue weighted by Gasteiger charge is 2.15. The van der Waals surface area contributed by atoms with Gasteiger partial charge < -0.3 is 24.3 Å². The van der Waals surface area contributed by atoms with Gasteiger partial charge in [0.05, 0.1) is 16.1 Å². The van der Waals surface area contributed by atoms with Crippen LogP contribution in [0, 0.1) is 11.3 Å². The number of rotatable bonds is 8. The predicted molar refractivity (Wildman–Crippen MR) is 137 cm³/mol. The summed E-state index contributed by atoms with van der Waals surface area (Å²) < 4.78 is 23.2. The van der Waals surface area contributed by atoms with Crippen molar-refractivity contribution in [1.29, 1.82) is 5.26 Å².